The van der Waals surface area contributed by atoms with Crippen molar-refractivity contribution in [2.75, 3.05) is 13.1 Å². The Morgan fingerprint density at radius 2 is 2.00 bits per heavy atom. The molecule has 2 atom stereocenters. The zero-order chi connectivity index (χ0) is 18.8. The summed E-state index contributed by atoms with van der Waals surface area (Å²) in [6.07, 6.45) is 3.48. The monoisotopic (exact) mass is 357 g/mol. The molecule has 6 nitrogen and oxygen atoms in total. The van der Waals surface area contributed by atoms with E-state index in [1.54, 1.807) is 0 Å². The van der Waals surface area contributed by atoms with Gasteiger partial charge in [-0.05, 0) is 18.4 Å². The second-order valence-corrected chi connectivity index (χ2v) is 8.53. The molecule has 1 aromatic heterocycles. The summed E-state index contributed by atoms with van der Waals surface area (Å²) in [6.45, 7) is 7.82. The minimum atomic E-state index is -0.293. The molecule has 3 rings (SSSR count). The van der Waals surface area contributed by atoms with Crippen LogP contribution in [0.3, 0.4) is 0 Å². The third-order valence-electron chi connectivity index (χ3n) is 5.06. The minimum absolute atomic E-state index is 0.0266. The quantitative estimate of drug-likeness (QED) is 0.843. The number of nitrogens with two attached hydrogens (primary N) is 1. The number of urea groups is 1. The first-order chi connectivity index (χ1) is 12.3. The van der Waals surface area contributed by atoms with Crippen LogP contribution in [-0.2, 0) is 6.42 Å². The van der Waals surface area contributed by atoms with Gasteiger partial charge < -0.3 is 10.3 Å². The van der Waals surface area contributed by atoms with Crippen LogP contribution in [0.5, 0.6) is 0 Å². The van der Waals surface area contributed by atoms with Crippen LogP contribution in [0.2, 0.25) is 0 Å². The predicted molar refractivity (Wildman–Crippen MR) is 99.2 cm³/mol. The number of amides is 2. The van der Waals surface area contributed by atoms with E-state index in [4.69, 9.17) is 10.3 Å². The summed E-state index contributed by atoms with van der Waals surface area (Å²) in [6, 6.07) is 9.61. The maximum absolute atomic E-state index is 12.5. The number of hydrogen-bond donors (Lipinski definition) is 1. The molecule has 1 aliphatic heterocycles. The highest BCUT2D eigenvalue weighted by Crippen LogP contribution is 2.39. The maximum atomic E-state index is 12.5. The van der Waals surface area contributed by atoms with Crippen molar-refractivity contribution in [3.05, 3.63) is 47.6 Å². The Labute approximate surface area is 155 Å². The maximum Gasteiger partial charge on any atom is 0.414 e. The summed E-state index contributed by atoms with van der Waals surface area (Å²) < 4.78 is 5.72. The standard InChI is InChI=1S/C20H28N4O2/c1-20(2,3)14-24(19(21)25)12-8-7-11-16(24)18-22-17(26-23-18)13-15-9-5-4-6-10-15/h4-6,9-10,16H,7-8,11-14H2,1-3H3,(H-,21,25)/p+1/t16-,24?/m0/s1. The fourth-order valence-electron chi connectivity index (χ4n) is 4.11. The summed E-state index contributed by atoms with van der Waals surface area (Å²) in [5.74, 6) is 1.19. The van der Waals surface area contributed by atoms with Crippen molar-refractivity contribution in [2.45, 2.75) is 52.5 Å². The lowest BCUT2D eigenvalue weighted by Crippen LogP contribution is -2.62. The molecular formula is C20H29N4O2+. The molecule has 1 aromatic carbocycles. The normalized spacial score (nSPS) is 23.7. The van der Waals surface area contributed by atoms with E-state index in [1.807, 2.05) is 30.3 Å². The molecule has 0 bridgehead atoms. The number of carbonyl (C=O) groups is 1. The fraction of sp³-hybridized carbons (Fsp3) is 0.550. The Balaban J connectivity index is 1.89. The molecule has 2 N–H and O–H groups in total. The molecule has 2 amide bonds. The average molecular weight is 357 g/mol. The number of rotatable bonds is 4. The van der Waals surface area contributed by atoms with Crippen LogP contribution in [0.1, 0.15) is 63.4 Å². The molecule has 1 unspecified atom stereocenters. The van der Waals surface area contributed by atoms with Gasteiger partial charge in [0.05, 0.1) is 19.5 Å². The minimum Gasteiger partial charge on any atom is -0.339 e. The lowest BCUT2D eigenvalue weighted by Gasteiger charge is -2.45. The average Bonchev–Trinajstić information content (AvgIpc) is 3.02. The van der Waals surface area contributed by atoms with Crippen molar-refractivity contribution >= 4 is 6.03 Å². The molecule has 0 saturated carbocycles. The first-order valence-corrected chi connectivity index (χ1v) is 9.33. The van der Waals surface area contributed by atoms with Gasteiger partial charge in [0.2, 0.25) is 11.7 Å². The van der Waals surface area contributed by atoms with Gasteiger partial charge in [0, 0.05) is 11.8 Å². The summed E-state index contributed by atoms with van der Waals surface area (Å²) in [4.78, 5) is 17.2. The Morgan fingerprint density at radius 3 is 2.65 bits per heavy atom. The fourth-order valence-corrected chi connectivity index (χ4v) is 4.11. The molecule has 2 heterocycles. The molecule has 1 saturated heterocycles. The number of nitrogens with zero attached hydrogens (tertiary/aromatic N) is 3. The molecule has 6 heteroatoms. The van der Waals surface area contributed by atoms with Crippen LogP contribution < -0.4 is 5.73 Å². The summed E-state index contributed by atoms with van der Waals surface area (Å²) in [7, 11) is 0. The topological polar surface area (TPSA) is 82.0 Å². The van der Waals surface area contributed by atoms with Crippen molar-refractivity contribution in [1.82, 2.24) is 10.1 Å². The highest BCUT2D eigenvalue weighted by atomic mass is 16.5. The number of benzene rings is 1. The van der Waals surface area contributed by atoms with Crippen molar-refractivity contribution in [1.29, 1.82) is 0 Å². The van der Waals surface area contributed by atoms with Gasteiger partial charge in [0.15, 0.2) is 6.04 Å². The smallest absolute Gasteiger partial charge is 0.339 e. The third kappa shape index (κ3) is 3.96. The van der Waals surface area contributed by atoms with E-state index >= 15 is 0 Å². The molecule has 1 aliphatic rings. The van der Waals surface area contributed by atoms with Crippen LogP contribution in [0.15, 0.2) is 34.9 Å². The zero-order valence-electron chi connectivity index (χ0n) is 15.9. The lowest BCUT2D eigenvalue weighted by atomic mass is 9.89. The van der Waals surface area contributed by atoms with Gasteiger partial charge in [-0.3, -0.25) is 0 Å². The summed E-state index contributed by atoms with van der Waals surface area (Å²) in [5, 5.41) is 4.23. The molecular weight excluding hydrogens is 328 g/mol. The van der Waals surface area contributed by atoms with E-state index in [1.165, 1.54) is 0 Å². The molecule has 0 spiro atoms. The van der Waals surface area contributed by atoms with Gasteiger partial charge >= 0.3 is 6.03 Å². The van der Waals surface area contributed by atoms with Gasteiger partial charge in [-0.2, -0.15) is 4.98 Å². The van der Waals surface area contributed by atoms with Crippen molar-refractivity contribution in [3.8, 4) is 0 Å². The Morgan fingerprint density at radius 1 is 1.27 bits per heavy atom. The zero-order valence-corrected chi connectivity index (χ0v) is 15.9. The molecule has 1 fully saturated rings. The first kappa shape index (κ1) is 18.6. The molecule has 0 aliphatic carbocycles. The number of quaternary nitrogens is 1. The summed E-state index contributed by atoms with van der Waals surface area (Å²) in [5.41, 5.74) is 7.01. The molecule has 0 radical (unpaired) electrons. The van der Waals surface area contributed by atoms with Crippen LogP contribution in [0.25, 0.3) is 0 Å². The highest BCUT2D eigenvalue weighted by molar-refractivity contribution is 5.64. The number of carbonyl (C=O) groups excluding carboxylic acids is 1. The van der Waals surface area contributed by atoms with Crippen LogP contribution in [0.4, 0.5) is 4.79 Å². The number of hydrogen-bond acceptors (Lipinski definition) is 4. The van der Waals surface area contributed by atoms with E-state index in [2.05, 4.69) is 30.9 Å². The van der Waals surface area contributed by atoms with E-state index in [9.17, 15) is 4.79 Å². The van der Waals surface area contributed by atoms with Gasteiger partial charge in [0.1, 0.15) is 0 Å². The second-order valence-electron chi connectivity index (χ2n) is 8.53. The number of piperidine rings is 1. The highest BCUT2D eigenvalue weighted by Gasteiger charge is 2.49. The molecule has 140 valence electrons. The SMILES string of the molecule is CC(C)(C)C[N+]1(C(N)=O)CCCC[C@H]1c1noc(Cc2ccccc2)n1. The van der Waals surface area contributed by atoms with E-state index in [0.29, 0.717) is 24.7 Å². The number of likely N-dealkylation sites (tertiary alicyclic amines) is 1. The molecule has 26 heavy (non-hydrogen) atoms. The van der Waals surface area contributed by atoms with Gasteiger partial charge in [-0.15, -0.1) is 0 Å². The lowest BCUT2D eigenvalue weighted by molar-refractivity contribution is -0.893. The van der Waals surface area contributed by atoms with Crippen molar-refractivity contribution in [3.63, 3.8) is 0 Å². The van der Waals surface area contributed by atoms with E-state index < -0.39 is 0 Å². The Kier molecular flexibility index (Phi) is 5.14. The Bertz CT molecular complexity index is 751. The molecule has 2 aromatic rings. The van der Waals surface area contributed by atoms with Crippen LogP contribution in [-0.4, -0.2) is 33.7 Å². The van der Waals surface area contributed by atoms with E-state index in [-0.39, 0.29) is 22.0 Å². The van der Waals surface area contributed by atoms with E-state index in [0.717, 1.165) is 31.4 Å². The van der Waals surface area contributed by atoms with Crippen molar-refractivity contribution < 1.29 is 13.8 Å². The van der Waals surface area contributed by atoms with Crippen molar-refractivity contribution in [2.24, 2.45) is 11.1 Å². The van der Waals surface area contributed by atoms with Gasteiger partial charge in [0.25, 0.3) is 0 Å². The number of aromatic nitrogens is 2. The van der Waals surface area contributed by atoms with Gasteiger partial charge in [-0.25, -0.2) is 9.28 Å². The van der Waals surface area contributed by atoms with Crippen LogP contribution >= 0.6 is 0 Å². The Hall–Kier alpha value is -2.21. The third-order valence-corrected chi connectivity index (χ3v) is 5.06. The van der Waals surface area contributed by atoms with Crippen LogP contribution in [0, 0.1) is 5.41 Å². The van der Waals surface area contributed by atoms with Gasteiger partial charge in [-0.1, -0.05) is 56.3 Å². The first-order valence-electron chi connectivity index (χ1n) is 9.33. The predicted octanol–water partition coefficient (Wildman–Crippen LogP) is 3.83. The number of primary amides is 1. The summed E-state index contributed by atoms with van der Waals surface area (Å²) >= 11 is 0. The second kappa shape index (κ2) is 7.19. The largest absolute Gasteiger partial charge is 0.414 e.